The van der Waals surface area contributed by atoms with Crippen LogP contribution >= 0.6 is 23.2 Å². The third kappa shape index (κ3) is 4.47. The minimum absolute atomic E-state index is 0.00804. The number of nitrogens with zero attached hydrogens (tertiary/aromatic N) is 2. The predicted molar refractivity (Wildman–Crippen MR) is 97.3 cm³/mol. The molecule has 0 radical (unpaired) electrons. The molecule has 1 aliphatic heterocycles. The van der Waals surface area contributed by atoms with Crippen molar-refractivity contribution in [3.63, 3.8) is 0 Å². The van der Waals surface area contributed by atoms with Gasteiger partial charge in [-0.3, -0.25) is 9.69 Å². The van der Waals surface area contributed by atoms with Crippen molar-refractivity contribution in [2.75, 3.05) is 18.4 Å². The molecule has 1 fully saturated rings. The van der Waals surface area contributed by atoms with E-state index in [1.807, 2.05) is 24.3 Å². The van der Waals surface area contributed by atoms with Gasteiger partial charge in [-0.15, -0.1) is 0 Å². The standard InChI is InChI=1S/C18H19Cl2N3O/c19-15-7-8-17(21-10-15)22-18(24)14-5-3-9-23(12-14)11-13-4-1-2-6-16(13)20/h1-2,4,6-8,10,14H,3,5,9,11-12H2,(H,21,22,24). The molecular weight excluding hydrogens is 345 g/mol. The molecule has 6 heteroatoms. The molecular formula is C18H19Cl2N3O. The highest BCUT2D eigenvalue weighted by atomic mass is 35.5. The molecule has 0 saturated carbocycles. The maximum atomic E-state index is 12.5. The molecule has 1 aliphatic rings. The summed E-state index contributed by atoms with van der Waals surface area (Å²) >= 11 is 12.1. The fourth-order valence-corrected chi connectivity index (χ4v) is 3.27. The van der Waals surface area contributed by atoms with Crippen LogP contribution in [0.25, 0.3) is 0 Å². The number of benzene rings is 1. The molecule has 3 rings (SSSR count). The van der Waals surface area contributed by atoms with Crippen LogP contribution < -0.4 is 5.32 Å². The van der Waals surface area contributed by atoms with Crippen molar-refractivity contribution < 1.29 is 4.79 Å². The average molecular weight is 364 g/mol. The summed E-state index contributed by atoms with van der Waals surface area (Å²) in [6.45, 7) is 2.47. The van der Waals surface area contributed by atoms with Crippen molar-refractivity contribution in [1.29, 1.82) is 0 Å². The molecule has 1 unspecified atom stereocenters. The number of anilines is 1. The normalized spacial score (nSPS) is 18.3. The number of piperidine rings is 1. The van der Waals surface area contributed by atoms with Crippen molar-refractivity contribution >= 4 is 34.9 Å². The molecule has 1 saturated heterocycles. The Bertz CT molecular complexity index is 706. The first-order valence-corrected chi connectivity index (χ1v) is 8.75. The van der Waals surface area contributed by atoms with Crippen molar-refractivity contribution in [2.45, 2.75) is 19.4 Å². The summed E-state index contributed by atoms with van der Waals surface area (Å²) in [5.74, 6) is 0.500. The van der Waals surface area contributed by atoms with Crippen LogP contribution in [0.15, 0.2) is 42.6 Å². The lowest BCUT2D eigenvalue weighted by Gasteiger charge is -2.32. The second-order valence-electron chi connectivity index (χ2n) is 6.02. The number of likely N-dealkylation sites (tertiary alicyclic amines) is 1. The summed E-state index contributed by atoms with van der Waals surface area (Å²) in [5.41, 5.74) is 1.10. The van der Waals surface area contributed by atoms with Gasteiger partial charge in [0.25, 0.3) is 0 Å². The Labute approximate surface area is 151 Å². The largest absolute Gasteiger partial charge is 0.310 e. The summed E-state index contributed by atoms with van der Waals surface area (Å²) in [5, 5.41) is 4.20. The lowest BCUT2D eigenvalue weighted by atomic mass is 9.96. The number of carbonyl (C=O) groups excluding carboxylic acids is 1. The quantitative estimate of drug-likeness (QED) is 0.883. The Morgan fingerprint density at radius 1 is 1.25 bits per heavy atom. The lowest BCUT2D eigenvalue weighted by molar-refractivity contribution is -0.121. The fourth-order valence-electron chi connectivity index (χ4n) is 2.96. The van der Waals surface area contributed by atoms with Crippen molar-refractivity contribution in [3.8, 4) is 0 Å². The van der Waals surface area contributed by atoms with E-state index in [1.165, 1.54) is 6.20 Å². The number of nitrogens with one attached hydrogen (secondary N) is 1. The van der Waals surface area contributed by atoms with Crippen LogP contribution in [-0.2, 0) is 11.3 Å². The van der Waals surface area contributed by atoms with Crippen LogP contribution in [0.1, 0.15) is 18.4 Å². The lowest BCUT2D eigenvalue weighted by Crippen LogP contribution is -2.40. The van der Waals surface area contributed by atoms with Gasteiger partial charge in [-0.2, -0.15) is 0 Å². The van der Waals surface area contributed by atoms with E-state index < -0.39 is 0 Å². The van der Waals surface area contributed by atoms with Crippen LogP contribution in [0.3, 0.4) is 0 Å². The van der Waals surface area contributed by atoms with E-state index in [9.17, 15) is 4.79 Å². The first-order chi connectivity index (χ1) is 11.6. The van der Waals surface area contributed by atoms with Crippen LogP contribution in [0.2, 0.25) is 10.0 Å². The number of halogens is 2. The Morgan fingerprint density at radius 3 is 2.83 bits per heavy atom. The fraction of sp³-hybridized carbons (Fsp3) is 0.333. The number of carbonyl (C=O) groups is 1. The van der Waals surface area contributed by atoms with Crippen LogP contribution in [0.4, 0.5) is 5.82 Å². The SMILES string of the molecule is O=C(Nc1ccc(Cl)cn1)C1CCCN(Cc2ccccc2Cl)C1. The molecule has 0 spiro atoms. The zero-order valence-corrected chi connectivity index (χ0v) is 14.7. The molecule has 126 valence electrons. The van der Waals surface area contributed by atoms with Gasteiger partial charge in [-0.1, -0.05) is 41.4 Å². The second kappa shape index (κ2) is 7.97. The first kappa shape index (κ1) is 17.2. The Balaban J connectivity index is 1.59. The van der Waals surface area contributed by atoms with E-state index in [0.717, 1.165) is 43.1 Å². The molecule has 1 amide bonds. The van der Waals surface area contributed by atoms with Gasteiger partial charge >= 0.3 is 0 Å². The smallest absolute Gasteiger partial charge is 0.229 e. The minimum Gasteiger partial charge on any atom is -0.310 e. The Morgan fingerprint density at radius 2 is 2.08 bits per heavy atom. The highest BCUT2D eigenvalue weighted by Crippen LogP contribution is 2.23. The van der Waals surface area contributed by atoms with Gasteiger partial charge in [0.1, 0.15) is 5.82 Å². The summed E-state index contributed by atoms with van der Waals surface area (Å²) in [6, 6.07) is 11.3. The zero-order valence-electron chi connectivity index (χ0n) is 13.2. The van der Waals surface area contributed by atoms with Gasteiger partial charge in [-0.05, 0) is 43.1 Å². The van der Waals surface area contributed by atoms with Crippen molar-refractivity contribution in [2.24, 2.45) is 5.92 Å². The molecule has 0 aliphatic carbocycles. The predicted octanol–water partition coefficient (Wildman–Crippen LogP) is 4.24. The maximum absolute atomic E-state index is 12.5. The van der Waals surface area contributed by atoms with Crippen molar-refractivity contribution in [3.05, 3.63) is 58.2 Å². The molecule has 1 aromatic carbocycles. The van der Waals surface area contributed by atoms with E-state index in [1.54, 1.807) is 12.1 Å². The Kier molecular flexibility index (Phi) is 5.72. The number of pyridine rings is 1. The van der Waals surface area contributed by atoms with E-state index in [-0.39, 0.29) is 11.8 Å². The molecule has 0 bridgehead atoms. The molecule has 2 aromatic rings. The number of rotatable bonds is 4. The number of amides is 1. The minimum atomic E-state index is -0.0429. The Hall–Kier alpha value is -1.62. The average Bonchev–Trinajstić information content (AvgIpc) is 2.59. The summed E-state index contributed by atoms with van der Waals surface area (Å²) in [4.78, 5) is 18.9. The molecule has 1 N–H and O–H groups in total. The van der Waals surface area contributed by atoms with Crippen molar-refractivity contribution in [1.82, 2.24) is 9.88 Å². The molecule has 24 heavy (non-hydrogen) atoms. The highest BCUT2D eigenvalue weighted by Gasteiger charge is 2.26. The highest BCUT2D eigenvalue weighted by molar-refractivity contribution is 6.31. The van der Waals surface area contributed by atoms with Gasteiger partial charge in [0.05, 0.1) is 10.9 Å². The third-order valence-electron chi connectivity index (χ3n) is 4.21. The summed E-state index contributed by atoms with van der Waals surface area (Å²) in [6.07, 6.45) is 3.41. The van der Waals surface area contributed by atoms with E-state index in [0.29, 0.717) is 10.8 Å². The molecule has 4 nitrogen and oxygen atoms in total. The molecule has 1 atom stereocenters. The van der Waals surface area contributed by atoms with Gasteiger partial charge in [0, 0.05) is 24.3 Å². The number of hydrogen-bond acceptors (Lipinski definition) is 3. The third-order valence-corrected chi connectivity index (χ3v) is 4.80. The first-order valence-electron chi connectivity index (χ1n) is 8.00. The van der Waals surface area contributed by atoms with Gasteiger partial charge < -0.3 is 5.32 Å². The zero-order chi connectivity index (χ0) is 16.9. The number of aromatic nitrogens is 1. The number of hydrogen-bond donors (Lipinski definition) is 1. The van der Waals surface area contributed by atoms with E-state index in [4.69, 9.17) is 23.2 Å². The summed E-state index contributed by atoms with van der Waals surface area (Å²) < 4.78 is 0. The van der Waals surface area contributed by atoms with Crippen LogP contribution in [0.5, 0.6) is 0 Å². The van der Waals surface area contributed by atoms with E-state index >= 15 is 0 Å². The monoisotopic (exact) mass is 363 g/mol. The van der Waals surface area contributed by atoms with Gasteiger partial charge in [-0.25, -0.2) is 4.98 Å². The molecule has 1 aromatic heterocycles. The van der Waals surface area contributed by atoms with E-state index in [2.05, 4.69) is 15.2 Å². The molecule has 2 heterocycles. The second-order valence-corrected chi connectivity index (χ2v) is 6.86. The van der Waals surface area contributed by atoms with Gasteiger partial charge in [0.15, 0.2) is 0 Å². The van der Waals surface area contributed by atoms with Gasteiger partial charge in [0.2, 0.25) is 5.91 Å². The summed E-state index contributed by atoms with van der Waals surface area (Å²) in [7, 11) is 0. The maximum Gasteiger partial charge on any atom is 0.229 e. The van der Waals surface area contributed by atoms with Crippen LogP contribution in [0, 0.1) is 5.92 Å². The topological polar surface area (TPSA) is 45.2 Å². The van der Waals surface area contributed by atoms with Crippen LogP contribution in [-0.4, -0.2) is 28.9 Å².